The summed E-state index contributed by atoms with van der Waals surface area (Å²) >= 11 is 0. The van der Waals surface area contributed by atoms with Gasteiger partial charge < -0.3 is 19.4 Å². The van der Waals surface area contributed by atoms with Crippen LogP contribution in [0.4, 0.5) is 5.82 Å². The number of likely N-dealkylation sites (tertiary alicyclic amines) is 1. The van der Waals surface area contributed by atoms with Gasteiger partial charge >= 0.3 is 0 Å². The van der Waals surface area contributed by atoms with Crippen LogP contribution in [0.5, 0.6) is 0 Å². The van der Waals surface area contributed by atoms with Crippen LogP contribution >= 0.6 is 0 Å². The number of morpholine rings is 1. The number of ether oxygens (including phenoxy) is 1. The topological polar surface area (TPSA) is 69.2 Å². The van der Waals surface area contributed by atoms with Gasteiger partial charge in [-0.05, 0) is 24.3 Å². The molecule has 32 heavy (non-hydrogen) atoms. The minimum Gasteiger partial charge on any atom is -0.378 e. The third-order valence-electron chi connectivity index (χ3n) is 6.62. The van der Waals surface area contributed by atoms with E-state index in [-0.39, 0.29) is 11.8 Å². The fourth-order valence-corrected chi connectivity index (χ4v) is 4.58. The Morgan fingerprint density at radius 1 is 0.781 bits per heavy atom. The largest absolute Gasteiger partial charge is 0.378 e. The molecule has 8 heteroatoms. The molecule has 3 saturated heterocycles. The molecule has 8 nitrogen and oxygen atoms in total. The van der Waals surface area contributed by atoms with Crippen molar-refractivity contribution in [3.8, 4) is 0 Å². The van der Waals surface area contributed by atoms with Gasteiger partial charge in [0.05, 0.1) is 18.8 Å². The first kappa shape index (κ1) is 20.9. The molecule has 2 amide bonds. The molecule has 1 aromatic carbocycles. The van der Waals surface area contributed by atoms with E-state index in [1.165, 1.54) is 0 Å². The van der Waals surface area contributed by atoms with Gasteiger partial charge in [-0.2, -0.15) is 0 Å². The molecule has 0 spiro atoms. The Morgan fingerprint density at radius 3 is 2.12 bits per heavy atom. The van der Waals surface area contributed by atoms with Gasteiger partial charge in [0.25, 0.3) is 11.8 Å². The zero-order valence-electron chi connectivity index (χ0n) is 18.2. The van der Waals surface area contributed by atoms with Crippen LogP contribution in [0.3, 0.4) is 0 Å². The highest BCUT2D eigenvalue weighted by Gasteiger charge is 2.37. The number of amides is 2. The number of aromatic nitrogens is 1. The van der Waals surface area contributed by atoms with Crippen molar-refractivity contribution >= 4 is 17.6 Å². The lowest BCUT2D eigenvalue weighted by Crippen LogP contribution is -2.64. The fraction of sp³-hybridized carbons (Fsp3) is 0.458. The number of anilines is 1. The van der Waals surface area contributed by atoms with E-state index in [4.69, 9.17) is 4.74 Å². The van der Waals surface area contributed by atoms with Crippen LogP contribution < -0.4 is 4.90 Å². The maximum absolute atomic E-state index is 12.8. The summed E-state index contributed by atoms with van der Waals surface area (Å²) in [6.45, 7) is 7.71. The molecule has 0 bridgehead atoms. The number of piperazine rings is 1. The van der Waals surface area contributed by atoms with Crippen LogP contribution in [-0.4, -0.2) is 103 Å². The first-order valence-electron chi connectivity index (χ1n) is 11.4. The van der Waals surface area contributed by atoms with Crippen molar-refractivity contribution in [2.75, 3.05) is 70.5 Å². The molecule has 168 valence electrons. The number of carbonyl (C=O) groups excluding carboxylic acids is 2. The Kier molecular flexibility index (Phi) is 6.05. The van der Waals surface area contributed by atoms with Crippen molar-refractivity contribution in [3.63, 3.8) is 0 Å². The van der Waals surface area contributed by atoms with E-state index < -0.39 is 0 Å². The van der Waals surface area contributed by atoms with Crippen LogP contribution in [0.15, 0.2) is 48.7 Å². The smallest absolute Gasteiger partial charge is 0.255 e. The average molecular weight is 436 g/mol. The van der Waals surface area contributed by atoms with Gasteiger partial charge in [0.2, 0.25) is 0 Å². The van der Waals surface area contributed by atoms with E-state index in [1.807, 2.05) is 52.3 Å². The fourth-order valence-electron chi connectivity index (χ4n) is 4.58. The number of hydrogen-bond donors (Lipinski definition) is 0. The van der Waals surface area contributed by atoms with Gasteiger partial charge in [0.1, 0.15) is 5.82 Å². The third-order valence-corrected chi connectivity index (χ3v) is 6.62. The Hall–Kier alpha value is -2.97. The number of hydrogen-bond acceptors (Lipinski definition) is 6. The van der Waals surface area contributed by atoms with E-state index in [2.05, 4.69) is 14.8 Å². The van der Waals surface area contributed by atoms with E-state index in [1.54, 1.807) is 6.20 Å². The monoisotopic (exact) mass is 435 g/mol. The van der Waals surface area contributed by atoms with E-state index in [0.29, 0.717) is 24.8 Å². The quantitative estimate of drug-likeness (QED) is 0.719. The second-order valence-corrected chi connectivity index (χ2v) is 8.56. The predicted molar refractivity (Wildman–Crippen MR) is 121 cm³/mol. The van der Waals surface area contributed by atoms with Crippen molar-refractivity contribution in [1.82, 2.24) is 19.7 Å². The summed E-state index contributed by atoms with van der Waals surface area (Å²) in [6, 6.07) is 13.6. The van der Waals surface area contributed by atoms with Crippen molar-refractivity contribution in [3.05, 3.63) is 59.8 Å². The summed E-state index contributed by atoms with van der Waals surface area (Å²) in [7, 11) is 0. The highest BCUT2D eigenvalue weighted by Crippen LogP contribution is 2.21. The molecule has 5 rings (SSSR count). The second-order valence-electron chi connectivity index (χ2n) is 8.56. The summed E-state index contributed by atoms with van der Waals surface area (Å²) in [6.07, 6.45) is 1.69. The highest BCUT2D eigenvalue weighted by atomic mass is 16.5. The van der Waals surface area contributed by atoms with Gasteiger partial charge in [-0.25, -0.2) is 4.98 Å². The third kappa shape index (κ3) is 4.33. The van der Waals surface area contributed by atoms with Crippen LogP contribution in [0.2, 0.25) is 0 Å². The van der Waals surface area contributed by atoms with Crippen LogP contribution in [-0.2, 0) is 4.74 Å². The zero-order valence-corrected chi connectivity index (χ0v) is 18.2. The SMILES string of the molecule is O=C(c1ccccc1)N1CCN(C2CN(C(=O)c3ccc(N4CCOCC4)nc3)C2)CC1. The molecule has 1 aromatic heterocycles. The first-order chi connectivity index (χ1) is 15.7. The van der Waals surface area contributed by atoms with E-state index in [0.717, 1.165) is 63.7 Å². The van der Waals surface area contributed by atoms with Crippen LogP contribution in [0, 0.1) is 0 Å². The van der Waals surface area contributed by atoms with Crippen molar-refractivity contribution in [2.24, 2.45) is 0 Å². The van der Waals surface area contributed by atoms with Gasteiger partial charge in [-0.1, -0.05) is 18.2 Å². The Bertz CT molecular complexity index is 932. The number of benzene rings is 1. The second kappa shape index (κ2) is 9.26. The summed E-state index contributed by atoms with van der Waals surface area (Å²) < 4.78 is 5.38. The first-order valence-corrected chi connectivity index (χ1v) is 11.4. The lowest BCUT2D eigenvalue weighted by molar-refractivity contribution is 0.00852. The number of carbonyl (C=O) groups is 2. The summed E-state index contributed by atoms with van der Waals surface area (Å²) in [5.74, 6) is 1.04. The molecule has 3 aliphatic rings. The molecule has 0 aliphatic carbocycles. The van der Waals surface area contributed by atoms with Crippen molar-refractivity contribution in [1.29, 1.82) is 0 Å². The van der Waals surface area contributed by atoms with Gasteiger partial charge in [0.15, 0.2) is 0 Å². The zero-order chi connectivity index (χ0) is 21.9. The molecule has 0 N–H and O–H groups in total. The Balaban J connectivity index is 1.09. The molecule has 3 aliphatic heterocycles. The molecule has 3 fully saturated rings. The van der Waals surface area contributed by atoms with Gasteiger partial charge in [-0.15, -0.1) is 0 Å². The van der Waals surface area contributed by atoms with Crippen molar-refractivity contribution in [2.45, 2.75) is 6.04 Å². The maximum atomic E-state index is 12.8. The summed E-state index contributed by atoms with van der Waals surface area (Å²) in [5, 5.41) is 0. The molecule has 0 saturated carbocycles. The number of nitrogens with zero attached hydrogens (tertiary/aromatic N) is 5. The van der Waals surface area contributed by atoms with Crippen LogP contribution in [0.1, 0.15) is 20.7 Å². The Morgan fingerprint density at radius 2 is 1.47 bits per heavy atom. The molecule has 0 radical (unpaired) electrons. The lowest BCUT2D eigenvalue weighted by atomic mass is 10.0. The lowest BCUT2D eigenvalue weighted by Gasteiger charge is -2.48. The standard InChI is InChI=1S/C24H29N5O3/c30-23(19-4-2-1-3-5-19)28-10-8-26(9-11-28)21-17-29(18-21)24(31)20-6-7-22(25-16-20)27-12-14-32-15-13-27/h1-7,16,21H,8-15,17-18H2. The minimum atomic E-state index is 0.0418. The van der Waals surface area contributed by atoms with Crippen LogP contribution in [0.25, 0.3) is 0 Å². The van der Waals surface area contributed by atoms with Crippen molar-refractivity contribution < 1.29 is 14.3 Å². The molecule has 0 unspecified atom stereocenters. The molecule has 4 heterocycles. The predicted octanol–water partition coefficient (Wildman–Crippen LogP) is 1.20. The minimum absolute atomic E-state index is 0.0418. The number of rotatable bonds is 4. The molecular formula is C24H29N5O3. The van der Waals surface area contributed by atoms with Gasteiger partial charge in [-0.3, -0.25) is 14.5 Å². The normalized spacial score (nSPS) is 20.2. The van der Waals surface area contributed by atoms with E-state index in [9.17, 15) is 9.59 Å². The van der Waals surface area contributed by atoms with E-state index >= 15 is 0 Å². The average Bonchev–Trinajstić information content (AvgIpc) is 2.84. The summed E-state index contributed by atoms with van der Waals surface area (Å²) in [5.41, 5.74) is 1.38. The Labute approximate surface area is 188 Å². The highest BCUT2D eigenvalue weighted by molar-refractivity contribution is 5.95. The number of pyridine rings is 1. The summed E-state index contributed by atoms with van der Waals surface area (Å²) in [4.78, 5) is 38.3. The molecular weight excluding hydrogens is 406 g/mol. The van der Waals surface area contributed by atoms with Gasteiger partial charge in [0, 0.05) is 70.2 Å². The molecule has 0 atom stereocenters. The maximum Gasteiger partial charge on any atom is 0.255 e. The molecule has 2 aromatic rings.